The summed E-state index contributed by atoms with van der Waals surface area (Å²) in [6.45, 7) is 1.57. The van der Waals surface area contributed by atoms with Gasteiger partial charge in [0.15, 0.2) is 0 Å². The van der Waals surface area contributed by atoms with Gasteiger partial charge in [-0.05, 0) is 6.92 Å². The number of hydrogen-bond donors (Lipinski definition) is 3. The molecule has 1 atom stereocenters. The van der Waals surface area contributed by atoms with Crippen LogP contribution in [0, 0.1) is 6.92 Å². The van der Waals surface area contributed by atoms with Crippen molar-refractivity contribution in [1.82, 2.24) is 10.0 Å². The molecule has 19 heavy (non-hydrogen) atoms. The van der Waals surface area contributed by atoms with Gasteiger partial charge >= 0.3 is 5.97 Å². The molecule has 1 amide bonds. The molecule has 0 aliphatic carbocycles. The number of carbonyl (C=O) groups is 2. The van der Waals surface area contributed by atoms with Crippen molar-refractivity contribution in [3.63, 3.8) is 0 Å². The van der Waals surface area contributed by atoms with Crippen molar-refractivity contribution in [3.8, 4) is 0 Å². The summed E-state index contributed by atoms with van der Waals surface area (Å²) >= 11 is 0. The van der Waals surface area contributed by atoms with Crippen molar-refractivity contribution in [3.05, 3.63) is 17.6 Å². The molecular formula is C10H12N2O6S. The summed E-state index contributed by atoms with van der Waals surface area (Å²) in [6.07, 6.45) is 0.0575. The van der Waals surface area contributed by atoms with Crippen LogP contribution < -0.4 is 10.0 Å². The number of furan rings is 1. The largest absolute Gasteiger partial charge is 0.475 e. The molecule has 104 valence electrons. The second-order valence-corrected chi connectivity index (χ2v) is 5.85. The number of aryl methyl sites for hydroxylation is 1. The molecule has 1 aromatic heterocycles. The van der Waals surface area contributed by atoms with E-state index in [-0.39, 0.29) is 29.5 Å². The SMILES string of the molecule is Cc1oc(C(=O)O)cc1S(=O)(=O)NC1CNC(=O)C1. The third-order valence-electron chi connectivity index (χ3n) is 2.67. The predicted molar refractivity (Wildman–Crippen MR) is 62.1 cm³/mol. The summed E-state index contributed by atoms with van der Waals surface area (Å²) in [5.74, 6) is -2.04. The average Bonchev–Trinajstić information content (AvgIpc) is 2.85. The highest BCUT2D eigenvalue weighted by atomic mass is 32.2. The van der Waals surface area contributed by atoms with E-state index in [4.69, 9.17) is 9.52 Å². The normalized spacial score (nSPS) is 19.4. The van der Waals surface area contributed by atoms with Gasteiger partial charge in [0, 0.05) is 25.1 Å². The molecule has 3 N–H and O–H groups in total. The molecule has 0 saturated carbocycles. The monoisotopic (exact) mass is 288 g/mol. The Morgan fingerprint density at radius 3 is 2.74 bits per heavy atom. The van der Waals surface area contributed by atoms with E-state index in [0.29, 0.717) is 0 Å². The molecule has 1 aliphatic heterocycles. The van der Waals surface area contributed by atoms with Crippen LogP contribution >= 0.6 is 0 Å². The molecule has 9 heteroatoms. The van der Waals surface area contributed by atoms with Crippen molar-refractivity contribution in [2.75, 3.05) is 6.54 Å². The number of carboxylic acid groups (broad SMARTS) is 1. The summed E-state index contributed by atoms with van der Waals surface area (Å²) < 4.78 is 31.3. The first-order valence-corrected chi connectivity index (χ1v) is 6.90. The van der Waals surface area contributed by atoms with Crippen molar-refractivity contribution in [2.24, 2.45) is 0 Å². The Bertz CT molecular complexity index is 632. The number of aromatic carboxylic acids is 1. The van der Waals surface area contributed by atoms with Crippen LogP contribution in [0.15, 0.2) is 15.4 Å². The Kier molecular flexibility index (Phi) is 3.33. The first-order chi connectivity index (χ1) is 8.79. The van der Waals surface area contributed by atoms with Gasteiger partial charge in [-0.2, -0.15) is 0 Å². The third kappa shape index (κ3) is 2.76. The van der Waals surface area contributed by atoms with Gasteiger partial charge in [0.2, 0.25) is 21.7 Å². The molecule has 2 heterocycles. The molecule has 8 nitrogen and oxygen atoms in total. The van der Waals surface area contributed by atoms with E-state index in [2.05, 4.69) is 10.0 Å². The Morgan fingerprint density at radius 1 is 1.58 bits per heavy atom. The maximum absolute atomic E-state index is 12.0. The van der Waals surface area contributed by atoms with Crippen LogP contribution in [0.5, 0.6) is 0 Å². The van der Waals surface area contributed by atoms with Crippen LogP contribution in [0.4, 0.5) is 0 Å². The van der Waals surface area contributed by atoms with E-state index < -0.39 is 27.8 Å². The van der Waals surface area contributed by atoms with Gasteiger partial charge in [0.25, 0.3) is 0 Å². The average molecular weight is 288 g/mol. The third-order valence-corrected chi connectivity index (χ3v) is 4.30. The highest BCUT2D eigenvalue weighted by Gasteiger charge is 2.30. The first-order valence-electron chi connectivity index (χ1n) is 5.42. The maximum Gasteiger partial charge on any atom is 0.371 e. The quantitative estimate of drug-likeness (QED) is 0.682. The lowest BCUT2D eigenvalue weighted by Crippen LogP contribution is -2.36. The zero-order chi connectivity index (χ0) is 14.2. The van der Waals surface area contributed by atoms with Gasteiger partial charge in [-0.1, -0.05) is 0 Å². The summed E-state index contributed by atoms with van der Waals surface area (Å²) in [5, 5.41) is 11.2. The Labute approximate surface area is 108 Å². The van der Waals surface area contributed by atoms with E-state index in [1.165, 1.54) is 6.92 Å². The number of carboxylic acids is 1. The van der Waals surface area contributed by atoms with Gasteiger partial charge < -0.3 is 14.8 Å². The zero-order valence-corrected chi connectivity index (χ0v) is 10.8. The van der Waals surface area contributed by atoms with E-state index in [1.807, 2.05) is 0 Å². The lowest BCUT2D eigenvalue weighted by Gasteiger charge is -2.09. The summed E-state index contributed by atoms with van der Waals surface area (Å²) in [4.78, 5) is 21.5. The van der Waals surface area contributed by atoms with E-state index >= 15 is 0 Å². The Balaban J connectivity index is 2.24. The highest BCUT2D eigenvalue weighted by Crippen LogP contribution is 2.20. The first kappa shape index (κ1) is 13.6. The van der Waals surface area contributed by atoms with Crippen molar-refractivity contribution >= 4 is 21.9 Å². The number of sulfonamides is 1. The van der Waals surface area contributed by atoms with Gasteiger partial charge in [0.05, 0.1) is 0 Å². The van der Waals surface area contributed by atoms with Crippen molar-refractivity contribution in [1.29, 1.82) is 0 Å². The minimum atomic E-state index is -3.91. The summed E-state index contributed by atoms with van der Waals surface area (Å²) in [6, 6.07) is 0.407. The molecule has 1 fully saturated rings. The van der Waals surface area contributed by atoms with E-state index in [9.17, 15) is 18.0 Å². The minimum Gasteiger partial charge on any atom is -0.475 e. The summed E-state index contributed by atoms with van der Waals surface area (Å²) in [7, 11) is -3.91. The molecular weight excluding hydrogens is 276 g/mol. The fourth-order valence-corrected chi connectivity index (χ4v) is 3.22. The topological polar surface area (TPSA) is 126 Å². The number of nitrogens with one attached hydrogen (secondary N) is 2. The number of hydrogen-bond acceptors (Lipinski definition) is 5. The molecule has 0 spiro atoms. The van der Waals surface area contributed by atoms with Crippen LogP contribution in [-0.4, -0.2) is 38.0 Å². The van der Waals surface area contributed by atoms with Crippen LogP contribution in [0.1, 0.15) is 22.7 Å². The van der Waals surface area contributed by atoms with E-state index in [0.717, 1.165) is 6.07 Å². The van der Waals surface area contributed by atoms with Crippen LogP contribution in [0.25, 0.3) is 0 Å². The second kappa shape index (κ2) is 4.67. The van der Waals surface area contributed by atoms with Gasteiger partial charge in [-0.15, -0.1) is 0 Å². The Morgan fingerprint density at radius 2 is 2.26 bits per heavy atom. The lowest BCUT2D eigenvalue weighted by atomic mass is 10.3. The number of rotatable bonds is 4. The lowest BCUT2D eigenvalue weighted by molar-refractivity contribution is -0.119. The number of carbonyl (C=O) groups excluding carboxylic acids is 1. The molecule has 0 radical (unpaired) electrons. The zero-order valence-electron chi connectivity index (χ0n) is 9.97. The predicted octanol–water partition coefficient (Wildman–Crippen LogP) is -0.547. The molecule has 2 rings (SSSR count). The second-order valence-electron chi connectivity index (χ2n) is 4.16. The fraction of sp³-hybridized carbons (Fsp3) is 0.400. The van der Waals surface area contributed by atoms with Crippen molar-refractivity contribution in [2.45, 2.75) is 24.3 Å². The van der Waals surface area contributed by atoms with Crippen LogP contribution in [-0.2, 0) is 14.8 Å². The minimum absolute atomic E-state index is 0.0119. The van der Waals surface area contributed by atoms with Gasteiger partial charge in [-0.3, -0.25) is 4.79 Å². The molecule has 1 unspecified atom stereocenters. The smallest absolute Gasteiger partial charge is 0.371 e. The maximum atomic E-state index is 12.0. The molecule has 1 aromatic rings. The Hall–Kier alpha value is -1.87. The molecule has 0 bridgehead atoms. The molecule has 0 aromatic carbocycles. The van der Waals surface area contributed by atoms with Gasteiger partial charge in [-0.25, -0.2) is 17.9 Å². The van der Waals surface area contributed by atoms with Crippen LogP contribution in [0.2, 0.25) is 0 Å². The summed E-state index contributed by atoms with van der Waals surface area (Å²) in [5.41, 5.74) is 0. The molecule has 1 saturated heterocycles. The van der Waals surface area contributed by atoms with Crippen molar-refractivity contribution < 1.29 is 27.5 Å². The van der Waals surface area contributed by atoms with Crippen LogP contribution in [0.3, 0.4) is 0 Å². The molecule has 1 aliphatic rings. The van der Waals surface area contributed by atoms with E-state index in [1.54, 1.807) is 0 Å². The fourth-order valence-electron chi connectivity index (χ4n) is 1.81. The highest BCUT2D eigenvalue weighted by molar-refractivity contribution is 7.89. The standard InChI is InChI=1S/C10H12N2O6S/c1-5-8(3-7(18-5)10(14)15)19(16,17)12-6-2-9(13)11-4-6/h3,6,12H,2,4H2,1H3,(H,11,13)(H,14,15). The van der Waals surface area contributed by atoms with Gasteiger partial charge in [0.1, 0.15) is 10.7 Å². The number of amides is 1.